The average molecular weight is 382 g/mol. The molecule has 0 atom stereocenters. The maximum Gasteiger partial charge on any atom is 0.341 e. The normalized spacial score (nSPS) is 14.2. The van der Waals surface area contributed by atoms with Gasteiger partial charge in [-0.3, -0.25) is 0 Å². The number of anilines is 1. The van der Waals surface area contributed by atoms with Gasteiger partial charge in [0.2, 0.25) is 0 Å². The van der Waals surface area contributed by atoms with Crippen LogP contribution in [0.5, 0.6) is 0 Å². The van der Waals surface area contributed by atoms with E-state index in [9.17, 15) is 4.79 Å². The van der Waals surface area contributed by atoms with Gasteiger partial charge in [0.25, 0.3) is 0 Å². The lowest BCUT2D eigenvalue weighted by atomic mass is 10.0. The van der Waals surface area contributed by atoms with Crippen molar-refractivity contribution in [1.29, 1.82) is 0 Å². The first-order valence-corrected chi connectivity index (χ1v) is 7.67. The smallest absolute Gasteiger partial charge is 0.341 e. The van der Waals surface area contributed by atoms with Crippen LogP contribution in [0.25, 0.3) is 11.3 Å². The third-order valence-electron chi connectivity index (χ3n) is 3.47. The number of amides is 1. The van der Waals surface area contributed by atoms with Crippen molar-refractivity contribution >= 4 is 34.4 Å². The van der Waals surface area contributed by atoms with Gasteiger partial charge in [0.15, 0.2) is 0 Å². The molecule has 3 rings (SSSR count). The molecule has 1 aromatic heterocycles. The van der Waals surface area contributed by atoms with Gasteiger partial charge >= 0.3 is 6.03 Å². The molecule has 0 unspecified atom stereocenters. The molecule has 1 amide bonds. The van der Waals surface area contributed by atoms with Crippen LogP contribution in [0.15, 0.2) is 24.3 Å². The first-order chi connectivity index (χ1) is 9.68. The van der Waals surface area contributed by atoms with Gasteiger partial charge in [0.05, 0.1) is 5.69 Å². The van der Waals surface area contributed by atoms with E-state index in [4.69, 9.17) is 5.73 Å². The van der Waals surface area contributed by atoms with Crippen molar-refractivity contribution in [2.75, 3.05) is 11.9 Å². The zero-order chi connectivity index (χ0) is 14.1. The number of aromatic nitrogens is 2. The summed E-state index contributed by atoms with van der Waals surface area (Å²) in [6.45, 7) is 0.845. The van der Waals surface area contributed by atoms with Crippen molar-refractivity contribution in [3.05, 3.63) is 33.4 Å². The van der Waals surface area contributed by atoms with Gasteiger partial charge in [-0.1, -0.05) is 18.2 Å². The fourth-order valence-corrected chi connectivity index (χ4v) is 3.17. The van der Waals surface area contributed by atoms with E-state index >= 15 is 0 Å². The average Bonchev–Trinajstić information content (AvgIpc) is 2.63. The molecular formula is C14H15IN4O. The Hall–Kier alpha value is -1.57. The summed E-state index contributed by atoms with van der Waals surface area (Å²) in [5, 5.41) is 7.72. The number of primary amides is 1. The number of fused-ring (bicyclic) bond motifs is 1. The predicted molar refractivity (Wildman–Crippen MR) is 86.8 cm³/mol. The summed E-state index contributed by atoms with van der Waals surface area (Å²) in [6, 6.07) is 7.49. The lowest BCUT2D eigenvalue weighted by Crippen LogP contribution is -2.23. The molecule has 1 aliphatic rings. The zero-order valence-electron chi connectivity index (χ0n) is 10.9. The van der Waals surface area contributed by atoms with Crippen LogP contribution >= 0.6 is 22.6 Å². The van der Waals surface area contributed by atoms with Crippen LogP contribution in [-0.4, -0.2) is 22.4 Å². The molecule has 0 bridgehead atoms. The van der Waals surface area contributed by atoms with Crippen LogP contribution in [0.4, 0.5) is 10.6 Å². The zero-order valence-corrected chi connectivity index (χ0v) is 13.1. The minimum Gasteiger partial charge on any atom is -0.370 e. The summed E-state index contributed by atoms with van der Waals surface area (Å²) in [5.41, 5.74) is 8.43. The van der Waals surface area contributed by atoms with Crippen LogP contribution in [-0.2, 0) is 6.42 Å². The van der Waals surface area contributed by atoms with Crippen molar-refractivity contribution in [2.24, 2.45) is 5.73 Å². The molecule has 1 aromatic carbocycles. The van der Waals surface area contributed by atoms with E-state index in [1.165, 1.54) is 4.68 Å². The largest absolute Gasteiger partial charge is 0.370 e. The lowest BCUT2D eigenvalue weighted by Gasteiger charge is -2.05. The standard InChI is InChI=1S/C14H15IN4O/c15-11-7-2-1-5-9(11)12-10-6-3-4-8-17-13(10)19(18-12)14(16)20/h1-2,5,7,17H,3-4,6,8H2,(H2,16,20). The number of carbonyl (C=O) groups excluding carboxylic acids is 1. The van der Waals surface area contributed by atoms with Gasteiger partial charge in [-0.2, -0.15) is 9.78 Å². The number of benzene rings is 1. The van der Waals surface area contributed by atoms with Crippen LogP contribution < -0.4 is 11.1 Å². The molecule has 20 heavy (non-hydrogen) atoms. The fraction of sp³-hybridized carbons (Fsp3) is 0.286. The molecule has 5 nitrogen and oxygen atoms in total. The Kier molecular flexibility index (Phi) is 3.64. The molecule has 0 fully saturated rings. The third-order valence-corrected chi connectivity index (χ3v) is 4.41. The van der Waals surface area contributed by atoms with E-state index < -0.39 is 6.03 Å². The topological polar surface area (TPSA) is 72.9 Å². The highest BCUT2D eigenvalue weighted by atomic mass is 127. The lowest BCUT2D eigenvalue weighted by molar-refractivity contribution is 0.248. The van der Waals surface area contributed by atoms with Crippen LogP contribution in [0, 0.1) is 3.57 Å². The maximum absolute atomic E-state index is 11.6. The van der Waals surface area contributed by atoms with E-state index in [2.05, 4.69) is 33.0 Å². The Balaban J connectivity index is 2.21. The Morgan fingerprint density at radius 2 is 2.15 bits per heavy atom. The van der Waals surface area contributed by atoms with Crippen LogP contribution in [0.1, 0.15) is 18.4 Å². The van der Waals surface area contributed by atoms with Crippen LogP contribution in [0.2, 0.25) is 0 Å². The number of hydrogen-bond donors (Lipinski definition) is 2. The van der Waals surface area contributed by atoms with Gasteiger partial charge in [0.1, 0.15) is 5.82 Å². The second-order valence-corrected chi connectivity index (χ2v) is 5.95. The second-order valence-electron chi connectivity index (χ2n) is 4.79. The van der Waals surface area contributed by atoms with Crippen molar-refractivity contribution < 1.29 is 4.79 Å². The third kappa shape index (κ3) is 2.28. The minimum atomic E-state index is -0.548. The van der Waals surface area contributed by atoms with Crippen molar-refractivity contribution in [2.45, 2.75) is 19.3 Å². The van der Waals surface area contributed by atoms with E-state index in [1.54, 1.807) is 0 Å². The summed E-state index contributed by atoms with van der Waals surface area (Å²) < 4.78 is 2.41. The first kappa shape index (κ1) is 13.4. The number of halogens is 1. The van der Waals surface area contributed by atoms with Crippen molar-refractivity contribution in [3.8, 4) is 11.3 Å². The molecule has 0 spiro atoms. The number of hydrogen-bond acceptors (Lipinski definition) is 3. The van der Waals surface area contributed by atoms with Crippen LogP contribution in [0.3, 0.4) is 0 Å². The Bertz CT molecular complexity index is 665. The first-order valence-electron chi connectivity index (χ1n) is 6.59. The van der Waals surface area contributed by atoms with Gasteiger partial charge in [0, 0.05) is 21.2 Å². The summed E-state index contributed by atoms with van der Waals surface area (Å²) in [6.07, 6.45) is 3.08. The summed E-state index contributed by atoms with van der Waals surface area (Å²) in [5.74, 6) is 0.754. The predicted octanol–water partition coefficient (Wildman–Crippen LogP) is 2.83. The Morgan fingerprint density at radius 1 is 1.35 bits per heavy atom. The highest BCUT2D eigenvalue weighted by molar-refractivity contribution is 14.1. The van der Waals surface area contributed by atoms with E-state index in [0.29, 0.717) is 0 Å². The summed E-state index contributed by atoms with van der Waals surface area (Å²) in [7, 11) is 0. The minimum absolute atomic E-state index is 0.548. The second kappa shape index (κ2) is 5.43. The monoisotopic (exact) mass is 382 g/mol. The molecule has 2 aromatic rings. The molecule has 2 heterocycles. The number of nitrogens with two attached hydrogens (primary N) is 1. The summed E-state index contributed by atoms with van der Waals surface area (Å²) >= 11 is 2.29. The highest BCUT2D eigenvalue weighted by Gasteiger charge is 2.23. The van der Waals surface area contributed by atoms with Gasteiger partial charge in [-0.05, 0) is 47.9 Å². The molecular weight excluding hydrogens is 367 g/mol. The van der Waals surface area contributed by atoms with Gasteiger partial charge in [-0.15, -0.1) is 0 Å². The quantitative estimate of drug-likeness (QED) is 0.745. The molecule has 0 aliphatic carbocycles. The fourth-order valence-electron chi connectivity index (χ4n) is 2.53. The van der Waals surface area contributed by atoms with Crippen molar-refractivity contribution in [1.82, 2.24) is 9.78 Å². The van der Waals surface area contributed by atoms with Crippen molar-refractivity contribution in [3.63, 3.8) is 0 Å². The highest BCUT2D eigenvalue weighted by Crippen LogP contribution is 2.34. The Labute approximate surface area is 130 Å². The number of nitrogens with zero attached hydrogens (tertiary/aromatic N) is 2. The molecule has 0 saturated heterocycles. The molecule has 104 valence electrons. The molecule has 0 saturated carbocycles. The number of nitrogens with one attached hydrogen (secondary N) is 1. The number of rotatable bonds is 1. The summed E-state index contributed by atoms with van der Waals surface area (Å²) in [4.78, 5) is 11.6. The molecule has 0 radical (unpaired) electrons. The Morgan fingerprint density at radius 3 is 2.90 bits per heavy atom. The molecule has 6 heteroatoms. The van der Waals surface area contributed by atoms with E-state index in [-0.39, 0.29) is 0 Å². The molecule has 1 aliphatic heterocycles. The molecule has 3 N–H and O–H groups in total. The van der Waals surface area contributed by atoms with E-state index in [1.807, 2.05) is 24.3 Å². The van der Waals surface area contributed by atoms with Gasteiger partial charge in [-0.25, -0.2) is 4.79 Å². The number of carbonyl (C=O) groups is 1. The van der Waals surface area contributed by atoms with Gasteiger partial charge < -0.3 is 11.1 Å². The van der Waals surface area contributed by atoms with E-state index in [0.717, 1.165) is 52.0 Å². The SMILES string of the molecule is NC(=O)n1nc(-c2ccccc2I)c2c1NCCCC2. The maximum atomic E-state index is 11.6.